The van der Waals surface area contributed by atoms with E-state index >= 15 is 0 Å². The normalized spacial score (nSPS) is 14.4. The van der Waals surface area contributed by atoms with E-state index in [0.717, 1.165) is 16.4 Å². The Hall–Kier alpha value is -2.49. The predicted molar refractivity (Wildman–Crippen MR) is 81.5 cm³/mol. The minimum Gasteiger partial charge on any atom is -0.352 e. The standard InChI is InChI=1S/C14H14F2N4O3S/c1-20-7-11(12(18-20)13(15)16)19-24(22,23)9-3-2-8-4-5-17-14(21)10(8)6-9/h2-3,6-7,13,19H,4-5H2,1H3,(H,17,21). The van der Waals surface area contributed by atoms with Gasteiger partial charge in [0, 0.05) is 25.4 Å². The molecule has 1 aliphatic heterocycles. The molecule has 24 heavy (non-hydrogen) atoms. The number of benzene rings is 1. The molecule has 7 nitrogen and oxygen atoms in total. The number of alkyl halides is 2. The van der Waals surface area contributed by atoms with E-state index in [0.29, 0.717) is 13.0 Å². The van der Waals surface area contributed by atoms with Gasteiger partial charge in [0.05, 0.1) is 10.6 Å². The van der Waals surface area contributed by atoms with Crippen molar-refractivity contribution in [2.75, 3.05) is 11.3 Å². The van der Waals surface area contributed by atoms with Crippen molar-refractivity contribution >= 4 is 21.6 Å². The van der Waals surface area contributed by atoms with Crippen LogP contribution in [0.4, 0.5) is 14.5 Å². The molecule has 3 rings (SSSR count). The van der Waals surface area contributed by atoms with Gasteiger partial charge in [0.25, 0.3) is 22.4 Å². The van der Waals surface area contributed by atoms with Crippen molar-refractivity contribution in [3.63, 3.8) is 0 Å². The number of carbonyl (C=O) groups excluding carboxylic acids is 1. The van der Waals surface area contributed by atoms with Gasteiger partial charge in [-0.15, -0.1) is 0 Å². The van der Waals surface area contributed by atoms with Crippen molar-refractivity contribution in [2.24, 2.45) is 7.05 Å². The molecular weight excluding hydrogens is 342 g/mol. The van der Waals surface area contributed by atoms with Gasteiger partial charge in [0.1, 0.15) is 0 Å². The van der Waals surface area contributed by atoms with Crippen LogP contribution in [-0.2, 0) is 23.5 Å². The van der Waals surface area contributed by atoms with E-state index in [-0.39, 0.29) is 22.1 Å². The number of rotatable bonds is 4. The van der Waals surface area contributed by atoms with E-state index in [1.807, 2.05) is 0 Å². The number of hydrogen-bond donors (Lipinski definition) is 2. The van der Waals surface area contributed by atoms with Crippen molar-refractivity contribution in [1.29, 1.82) is 0 Å². The summed E-state index contributed by atoms with van der Waals surface area (Å²) in [5.41, 5.74) is 0.0585. The van der Waals surface area contributed by atoms with Crippen LogP contribution in [0, 0.1) is 0 Å². The molecule has 2 heterocycles. The van der Waals surface area contributed by atoms with Gasteiger partial charge in [-0.2, -0.15) is 5.10 Å². The molecule has 1 aliphatic rings. The van der Waals surface area contributed by atoms with E-state index in [2.05, 4.69) is 15.1 Å². The second-order valence-electron chi connectivity index (χ2n) is 5.33. The molecule has 0 bridgehead atoms. The molecule has 0 saturated carbocycles. The molecule has 2 aromatic rings. The molecule has 0 fully saturated rings. The van der Waals surface area contributed by atoms with Gasteiger partial charge in [0.15, 0.2) is 5.69 Å². The number of fused-ring (bicyclic) bond motifs is 1. The Morgan fingerprint density at radius 1 is 1.38 bits per heavy atom. The van der Waals surface area contributed by atoms with Crippen LogP contribution in [0.2, 0.25) is 0 Å². The number of carbonyl (C=O) groups is 1. The lowest BCUT2D eigenvalue weighted by atomic mass is 10.0. The van der Waals surface area contributed by atoms with E-state index in [9.17, 15) is 22.0 Å². The Kier molecular flexibility index (Phi) is 3.99. The average Bonchev–Trinajstić information content (AvgIpc) is 2.87. The lowest BCUT2D eigenvalue weighted by Crippen LogP contribution is -2.32. The lowest BCUT2D eigenvalue weighted by molar-refractivity contribution is 0.0945. The van der Waals surface area contributed by atoms with Crippen molar-refractivity contribution < 1.29 is 22.0 Å². The monoisotopic (exact) mass is 356 g/mol. The molecule has 0 atom stereocenters. The first-order valence-electron chi connectivity index (χ1n) is 7.03. The Morgan fingerprint density at radius 2 is 2.12 bits per heavy atom. The third-order valence-electron chi connectivity index (χ3n) is 3.62. The molecule has 0 unspecified atom stereocenters. The lowest BCUT2D eigenvalue weighted by Gasteiger charge is -2.17. The van der Waals surface area contributed by atoms with Gasteiger partial charge >= 0.3 is 0 Å². The van der Waals surface area contributed by atoms with Crippen LogP contribution in [0.5, 0.6) is 0 Å². The highest BCUT2D eigenvalue weighted by Gasteiger charge is 2.25. The van der Waals surface area contributed by atoms with Crippen LogP contribution in [-0.4, -0.2) is 30.7 Å². The number of hydrogen-bond acceptors (Lipinski definition) is 4. The van der Waals surface area contributed by atoms with Gasteiger partial charge in [-0.1, -0.05) is 6.07 Å². The Bertz CT molecular complexity index is 909. The van der Waals surface area contributed by atoms with Gasteiger partial charge in [-0.3, -0.25) is 14.2 Å². The first kappa shape index (κ1) is 16.4. The van der Waals surface area contributed by atoms with Crippen LogP contribution in [0.1, 0.15) is 28.0 Å². The van der Waals surface area contributed by atoms with Gasteiger partial charge in [-0.05, 0) is 24.1 Å². The van der Waals surface area contributed by atoms with Crippen LogP contribution in [0.25, 0.3) is 0 Å². The third kappa shape index (κ3) is 2.96. The molecule has 0 saturated heterocycles. The SMILES string of the molecule is Cn1cc(NS(=O)(=O)c2ccc3c(c2)C(=O)NCC3)c(C(F)F)n1. The van der Waals surface area contributed by atoms with E-state index in [1.165, 1.54) is 19.2 Å². The number of aromatic nitrogens is 2. The summed E-state index contributed by atoms with van der Waals surface area (Å²) in [4.78, 5) is 11.7. The minimum atomic E-state index is -4.13. The first-order valence-corrected chi connectivity index (χ1v) is 8.52. The van der Waals surface area contributed by atoms with Crippen LogP contribution >= 0.6 is 0 Å². The Morgan fingerprint density at radius 3 is 2.83 bits per heavy atom. The summed E-state index contributed by atoms with van der Waals surface area (Å²) in [6.45, 7) is 0.490. The van der Waals surface area contributed by atoms with Crippen LogP contribution in [0.3, 0.4) is 0 Å². The fourth-order valence-corrected chi connectivity index (χ4v) is 3.59. The van der Waals surface area contributed by atoms with Gasteiger partial charge in [0.2, 0.25) is 0 Å². The summed E-state index contributed by atoms with van der Waals surface area (Å²) in [5, 5.41) is 6.17. The number of sulfonamides is 1. The maximum Gasteiger partial charge on any atom is 0.284 e. The van der Waals surface area contributed by atoms with Crippen molar-refractivity contribution in [3.05, 3.63) is 41.2 Å². The Labute approximate surface area is 136 Å². The fourth-order valence-electron chi connectivity index (χ4n) is 2.51. The summed E-state index contributed by atoms with van der Waals surface area (Å²) >= 11 is 0. The maximum atomic E-state index is 12.9. The minimum absolute atomic E-state index is 0.178. The number of nitrogens with one attached hydrogen (secondary N) is 2. The van der Waals surface area contributed by atoms with Gasteiger partial charge in [-0.25, -0.2) is 17.2 Å². The van der Waals surface area contributed by atoms with Crippen molar-refractivity contribution in [2.45, 2.75) is 17.7 Å². The second kappa shape index (κ2) is 5.86. The summed E-state index contributed by atoms with van der Waals surface area (Å²) in [6.07, 6.45) is -1.16. The van der Waals surface area contributed by atoms with Crippen molar-refractivity contribution in [3.8, 4) is 0 Å². The van der Waals surface area contributed by atoms with Crippen LogP contribution < -0.4 is 10.0 Å². The highest BCUT2D eigenvalue weighted by molar-refractivity contribution is 7.92. The molecule has 2 N–H and O–H groups in total. The molecule has 0 aliphatic carbocycles. The molecule has 1 aromatic heterocycles. The second-order valence-corrected chi connectivity index (χ2v) is 7.02. The van der Waals surface area contributed by atoms with E-state index in [4.69, 9.17) is 0 Å². The molecular formula is C14H14F2N4O3S. The Balaban J connectivity index is 1.97. The smallest absolute Gasteiger partial charge is 0.284 e. The number of anilines is 1. The molecule has 1 aromatic carbocycles. The molecule has 1 amide bonds. The largest absolute Gasteiger partial charge is 0.352 e. The fraction of sp³-hybridized carbons (Fsp3) is 0.286. The number of aryl methyl sites for hydroxylation is 1. The third-order valence-corrected chi connectivity index (χ3v) is 4.99. The zero-order valence-electron chi connectivity index (χ0n) is 12.6. The quantitative estimate of drug-likeness (QED) is 0.867. The number of halogens is 2. The number of amides is 1. The molecule has 10 heteroatoms. The molecule has 0 radical (unpaired) electrons. The zero-order chi connectivity index (χ0) is 17.5. The highest BCUT2D eigenvalue weighted by atomic mass is 32.2. The molecule has 128 valence electrons. The van der Waals surface area contributed by atoms with Crippen LogP contribution in [0.15, 0.2) is 29.3 Å². The predicted octanol–water partition coefficient (Wildman–Crippen LogP) is 1.44. The van der Waals surface area contributed by atoms with E-state index < -0.39 is 22.1 Å². The van der Waals surface area contributed by atoms with Gasteiger partial charge < -0.3 is 5.32 Å². The summed E-state index contributed by atoms with van der Waals surface area (Å²) in [7, 11) is -2.72. The highest BCUT2D eigenvalue weighted by Crippen LogP contribution is 2.28. The first-order chi connectivity index (χ1) is 11.3. The summed E-state index contributed by atoms with van der Waals surface area (Å²) in [6, 6.07) is 4.14. The number of nitrogens with zero attached hydrogens (tertiary/aromatic N) is 2. The zero-order valence-corrected chi connectivity index (χ0v) is 13.4. The average molecular weight is 356 g/mol. The van der Waals surface area contributed by atoms with Crippen molar-refractivity contribution in [1.82, 2.24) is 15.1 Å². The molecule has 0 spiro atoms. The topological polar surface area (TPSA) is 93.1 Å². The maximum absolute atomic E-state index is 12.9. The van der Waals surface area contributed by atoms with E-state index in [1.54, 1.807) is 6.07 Å². The summed E-state index contributed by atoms with van der Waals surface area (Å²) in [5.74, 6) is -0.358. The summed E-state index contributed by atoms with van der Waals surface area (Å²) < 4.78 is 54.0.